The standard InChI is InChI=1S/C26H25NO7S/c1-15(2)24(27-35(30,31)19-9-5-16(3)6-10-19)26(29)33-18-8-12-21-20-11-7-17(32-4)13-22(20)25(28)34-23(21)14-18/h5-15,24,27H,1-4H3/t24-/m1/s1. The fourth-order valence-electron chi connectivity index (χ4n) is 3.67. The zero-order valence-corrected chi connectivity index (χ0v) is 20.5. The quantitative estimate of drug-likeness (QED) is 0.177. The third-order valence-electron chi connectivity index (χ3n) is 5.64. The Kier molecular flexibility index (Phi) is 6.64. The average molecular weight is 496 g/mol. The normalized spacial score (nSPS) is 12.7. The van der Waals surface area contributed by atoms with Crippen LogP contribution >= 0.6 is 0 Å². The molecule has 35 heavy (non-hydrogen) atoms. The Morgan fingerprint density at radius 1 is 0.914 bits per heavy atom. The van der Waals surface area contributed by atoms with Crippen molar-refractivity contribution in [2.24, 2.45) is 5.92 Å². The van der Waals surface area contributed by atoms with Gasteiger partial charge in [0.2, 0.25) is 10.0 Å². The van der Waals surface area contributed by atoms with Crippen LogP contribution in [0.3, 0.4) is 0 Å². The van der Waals surface area contributed by atoms with Gasteiger partial charge in [0.1, 0.15) is 23.1 Å². The maximum atomic E-state index is 12.9. The molecule has 0 fully saturated rings. The molecule has 1 N–H and O–H groups in total. The first-order valence-electron chi connectivity index (χ1n) is 10.9. The highest BCUT2D eigenvalue weighted by Crippen LogP contribution is 2.29. The van der Waals surface area contributed by atoms with E-state index >= 15 is 0 Å². The van der Waals surface area contributed by atoms with Crippen molar-refractivity contribution in [1.82, 2.24) is 4.72 Å². The van der Waals surface area contributed by atoms with Crippen molar-refractivity contribution in [3.05, 3.63) is 76.6 Å². The molecular weight excluding hydrogens is 470 g/mol. The molecule has 4 rings (SSSR count). The molecule has 0 unspecified atom stereocenters. The maximum absolute atomic E-state index is 12.9. The van der Waals surface area contributed by atoms with Crippen molar-refractivity contribution < 1.29 is 27.1 Å². The lowest BCUT2D eigenvalue weighted by Crippen LogP contribution is -2.46. The first-order valence-corrected chi connectivity index (χ1v) is 12.4. The van der Waals surface area contributed by atoms with E-state index in [-0.39, 0.29) is 22.1 Å². The Morgan fingerprint density at radius 2 is 1.57 bits per heavy atom. The van der Waals surface area contributed by atoms with Gasteiger partial charge >= 0.3 is 11.6 Å². The van der Waals surface area contributed by atoms with Crippen LogP contribution in [0.5, 0.6) is 11.5 Å². The molecule has 4 aromatic rings. The second kappa shape index (κ2) is 9.52. The zero-order valence-electron chi connectivity index (χ0n) is 19.7. The first kappa shape index (κ1) is 24.4. The summed E-state index contributed by atoms with van der Waals surface area (Å²) in [6.45, 7) is 5.27. The summed E-state index contributed by atoms with van der Waals surface area (Å²) in [5.74, 6) is -0.510. The van der Waals surface area contributed by atoms with E-state index in [4.69, 9.17) is 13.9 Å². The van der Waals surface area contributed by atoms with Crippen LogP contribution in [0.15, 0.2) is 74.8 Å². The highest BCUT2D eigenvalue weighted by Gasteiger charge is 2.30. The van der Waals surface area contributed by atoms with Crippen LogP contribution in [0.2, 0.25) is 0 Å². The molecule has 1 heterocycles. The second-order valence-corrected chi connectivity index (χ2v) is 10.3. The van der Waals surface area contributed by atoms with E-state index in [1.165, 1.54) is 25.3 Å². The number of methoxy groups -OCH3 is 1. The van der Waals surface area contributed by atoms with Crippen LogP contribution in [-0.4, -0.2) is 27.5 Å². The van der Waals surface area contributed by atoms with Gasteiger partial charge in [0, 0.05) is 16.8 Å². The summed E-state index contributed by atoms with van der Waals surface area (Å²) in [5.41, 5.74) is 0.596. The van der Waals surface area contributed by atoms with Crippen LogP contribution < -0.4 is 19.8 Å². The van der Waals surface area contributed by atoms with Gasteiger partial charge in [-0.1, -0.05) is 31.5 Å². The van der Waals surface area contributed by atoms with Crippen molar-refractivity contribution in [1.29, 1.82) is 0 Å². The van der Waals surface area contributed by atoms with Crippen LogP contribution in [-0.2, 0) is 14.8 Å². The van der Waals surface area contributed by atoms with Gasteiger partial charge in [0.25, 0.3) is 0 Å². The van der Waals surface area contributed by atoms with Gasteiger partial charge in [-0.05, 0) is 55.3 Å². The second-order valence-electron chi connectivity index (χ2n) is 8.54. The van der Waals surface area contributed by atoms with E-state index in [9.17, 15) is 18.0 Å². The van der Waals surface area contributed by atoms with Crippen molar-refractivity contribution in [3.8, 4) is 11.5 Å². The van der Waals surface area contributed by atoms with Gasteiger partial charge in [-0.15, -0.1) is 0 Å². The third-order valence-corrected chi connectivity index (χ3v) is 7.10. The minimum absolute atomic E-state index is 0.0533. The molecule has 0 spiro atoms. The van der Waals surface area contributed by atoms with E-state index in [0.717, 1.165) is 5.56 Å². The Labute approximate surface area is 202 Å². The summed E-state index contributed by atoms with van der Waals surface area (Å²) >= 11 is 0. The van der Waals surface area contributed by atoms with Gasteiger partial charge in [0.15, 0.2) is 0 Å². The minimum Gasteiger partial charge on any atom is -0.497 e. The highest BCUT2D eigenvalue weighted by molar-refractivity contribution is 7.89. The molecule has 0 saturated heterocycles. The lowest BCUT2D eigenvalue weighted by Gasteiger charge is -2.21. The summed E-state index contributed by atoms with van der Waals surface area (Å²) in [6.07, 6.45) is 0. The SMILES string of the molecule is COc1ccc2c(c1)c(=O)oc1cc(OC(=O)[C@H](NS(=O)(=O)c3ccc(C)cc3)C(C)C)ccc12. The molecule has 3 aromatic carbocycles. The number of benzene rings is 3. The van der Waals surface area contributed by atoms with Crippen molar-refractivity contribution in [2.75, 3.05) is 7.11 Å². The summed E-state index contributed by atoms with van der Waals surface area (Å²) in [4.78, 5) is 25.5. The third kappa shape index (κ3) is 5.06. The molecule has 0 aliphatic rings. The van der Waals surface area contributed by atoms with Crippen LogP contribution in [0, 0.1) is 12.8 Å². The molecular formula is C26H25NO7S. The van der Waals surface area contributed by atoms with Crippen LogP contribution in [0.25, 0.3) is 21.7 Å². The number of sulfonamides is 1. The summed E-state index contributed by atoms with van der Waals surface area (Å²) < 4.78 is 44.2. The van der Waals surface area contributed by atoms with Gasteiger partial charge < -0.3 is 13.9 Å². The molecule has 0 radical (unpaired) electrons. The predicted octanol–water partition coefficient (Wildman–Crippen LogP) is 4.17. The molecule has 0 aliphatic heterocycles. The number of nitrogens with one attached hydrogen (secondary N) is 1. The Bertz CT molecular complexity index is 1570. The predicted molar refractivity (Wildman–Crippen MR) is 132 cm³/mol. The first-order chi connectivity index (χ1) is 16.6. The number of hydrogen-bond acceptors (Lipinski definition) is 7. The number of ether oxygens (including phenoxy) is 2. The topological polar surface area (TPSA) is 112 Å². The molecule has 0 bridgehead atoms. The Balaban J connectivity index is 1.62. The lowest BCUT2D eigenvalue weighted by molar-refractivity contribution is -0.137. The molecule has 9 heteroatoms. The Hall–Kier alpha value is -3.69. The number of aryl methyl sites for hydroxylation is 1. The van der Waals surface area contributed by atoms with Gasteiger partial charge in [-0.2, -0.15) is 4.72 Å². The molecule has 0 saturated carbocycles. The number of carbonyl (C=O) groups excluding carboxylic acids is 1. The fraction of sp³-hybridized carbons (Fsp3) is 0.231. The largest absolute Gasteiger partial charge is 0.497 e. The van der Waals surface area contributed by atoms with E-state index in [2.05, 4.69) is 4.72 Å². The summed E-state index contributed by atoms with van der Waals surface area (Å²) in [5, 5.41) is 1.69. The monoisotopic (exact) mass is 495 g/mol. The number of esters is 1. The number of rotatable bonds is 7. The van der Waals surface area contributed by atoms with E-state index < -0.39 is 27.7 Å². The minimum atomic E-state index is -3.95. The average Bonchev–Trinajstić information content (AvgIpc) is 2.82. The van der Waals surface area contributed by atoms with Crippen molar-refractivity contribution >= 4 is 37.7 Å². The molecule has 1 aromatic heterocycles. The highest BCUT2D eigenvalue weighted by atomic mass is 32.2. The summed E-state index contributed by atoms with van der Waals surface area (Å²) in [6, 6.07) is 15.0. The maximum Gasteiger partial charge on any atom is 0.344 e. The van der Waals surface area contributed by atoms with Gasteiger partial charge in [0.05, 0.1) is 17.4 Å². The molecule has 1 atom stereocenters. The molecule has 8 nitrogen and oxygen atoms in total. The zero-order chi connectivity index (χ0) is 25.3. The van der Waals surface area contributed by atoms with E-state index in [1.807, 2.05) is 6.92 Å². The number of fused-ring (bicyclic) bond motifs is 3. The fourth-order valence-corrected chi connectivity index (χ4v) is 5.00. The van der Waals surface area contributed by atoms with E-state index in [0.29, 0.717) is 21.9 Å². The van der Waals surface area contributed by atoms with E-state index in [1.54, 1.807) is 56.3 Å². The van der Waals surface area contributed by atoms with Crippen LogP contribution in [0.4, 0.5) is 0 Å². The van der Waals surface area contributed by atoms with Gasteiger partial charge in [-0.25, -0.2) is 18.0 Å². The molecule has 182 valence electrons. The van der Waals surface area contributed by atoms with Crippen molar-refractivity contribution in [3.63, 3.8) is 0 Å². The number of carbonyl (C=O) groups is 1. The number of hydrogen-bond donors (Lipinski definition) is 1. The smallest absolute Gasteiger partial charge is 0.344 e. The van der Waals surface area contributed by atoms with Crippen molar-refractivity contribution in [2.45, 2.75) is 31.7 Å². The van der Waals surface area contributed by atoms with Gasteiger partial charge in [-0.3, -0.25) is 0 Å². The molecule has 0 amide bonds. The van der Waals surface area contributed by atoms with Crippen LogP contribution in [0.1, 0.15) is 19.4 Å². The lowest BCUT2D eigenvalue weighted by atomic mass is 10.1. The molecule has 0 aliphatic carbocycles. The Morgan fingerprint density at radius 3 is 2.23 bits per heavy atom. The summed E-state index contributed by atoms with van der Waals surface area (Å²) in [7, 11) is -2.44.